The van der Waals surface area contributed by atoms with Gasteiger partial charge in [0.05, 0.1) is 28.9 Å². The van der Waals surface area contributed by atoms with Gasteiger partial charge in [0.25, 0.3) is 0 Å². The summed E-state index contributed by atoms with van der Waals surface area (Å²) in [5.41, 5.74) is 1.75. The van der Waals surface area contributed by atoms with Gasteiger partial charge < -0.3 is 4.74 Å². The topological polar surface area (TPSA) is 60.7 Å². The highest BCUT2D eigenvalue weighted by Gasteiger charge is 2.28. The van der Waals surface area contributed by atoms with E-state index in [0.29, 0.717) is 28.2 Å². The first-order valence-electron chi connectivity index (χ1n) is 6.28. The van der Waals surface area contributed by atoms with Crippen molar-refractivity contribution in [1.82, 2.24) is 9.61 Å². The molecular weight excluding hydrogens is 280 g/mol. The fourth-order valence-corrected chi connectivity index (χ4v) is 2.24. The first-order valence-corrected chi connectivity index (χ1v) is 6.66. The average Bonchev–Trinajstić information content (AvgIpc) is 2.82. The maximum atomic E-state index is 12.5. The van der Waals surface area contributed by atoms with Crippen LogP contribution in [0.5, 0.6) is 0 Å². The highest BCUT2D eigenvalue weighted by molar-refractivity contribution is 6.30. The van der Waals surface area contributed by atoms with Crippen molar-refractivity contribution in [2.24, 2.45) is 5.92 Å². The molecule has 0 fully saturated rings. The number of rotatable bonds is 4. The molecule has 0 saturated heterocycles. The van der Waals surface area contributed by atoms with Crippen molar-refractivity contribution < 1.29 is 14.3 Å². The maximum absolute atomic E-state index is 12.5. The van der Waals surface area contributed by atoms with E-state index in [1.54, 1.807) is 22.8 Å². The Morgan fingerprint density at radius 3 is 2.75 bits per heavy atom. The fraction of sp³-hybridized carbons (Fsp3) is 0.357. The molecule has 1 atom stereocenters. The van der Waals surface area contributed by atoms with Crippen LogP contribution in [0.15, 0.2) is 18.3 Å². The number of methoxy groups -OCH3 is 1. The summed E-state index contributed by atoms with van der Waals surface area (Å²) in [6.45, 7) is 3.44. The Morgan fingerprint density at radius 1 is 1.45 bits per heavy atom. The second kappa shape index (κ2) is 5.63. The van der Waals surface area contributed by atoms with Crippen LogP contribution in [0.3, 0.4) is 0 Å². The number of pyridine rings is 1. The summed E-state index contributed by atoms with van der Waals surface area (Å²) in [5, 5.41) is 4.87. The number of esters is 1. The number of carbonyl (C=O) groups excluding carboxylic acids is 2. The minimum atomic E-state index is -0.853. The van der Waals surface area contributed by atoms with Gasteiger partial charge in [-0.1, -0.05) is 18.5 Å². The molecule has 5 nitrogen and oxygen atoms in total. The quantitative estimate of drug-likeness (QED) is 0.494. The van der Waals surface area contributed by atoms with Crippen molar-refractivity contribution in [2.45, 2.75) is 20.3 Å². The number of aryl methyl sites for hydroxylation is 1. The molecule has 2 aromatic rings. The Kier molecular flexibility index (Phi) is 4.09. The normalized spacial score (nSPS) is 12.4. The molecule has 0 radical (unpaired) electrons. The molecule has 6 heteroatoms. The van der Waals surface area contributed by atoms with E-state index in [-0.39, 0.29) is 5.78 Å². The summed E-state index contributed by atoms with van der Waals surface area (Å²) in [4.78, 5) is 24.0. The molecule has 0 bridgehead atoms. The lowest BCUT2D eigenvalue weighted by Gasteiger charge is -2.08. The Labute approximate surface area is 121 Å². The Bertz CT molecular complexity index is 678. The number of ketones is 1. The van der Waals surface area contributed by atoms with Crippen molar-refractivity contribution in [1.29, 1.82) is 0 Å². The van der Waals surface area contributed by atoms with E-state index in [1.165, 1.54) is 14.0 Å². The third-order valence-corrected chi connectivity index (χ3v) is 3.42. The van der Waals surface area contributed by atoms with Crippen LogP contribution in [-0.4, -0.2) is 28.5 Å². The van der Waals surface area contributed by atoms with Gasteiger partial charge in [-0.15, -0.1) is 0 Å². The summed E-state index contributed by atoms with van der Waals surface area (Å²) in [6, 6.07) is 3.42. The second-order valence-electron chi connectivity index (χ2n) is 4.46. The first kappa shape index (κ1) is 14.5. The highest BCUT2D eigenvalue weighted by Crippen LogP contribution is 2.22. The molecule has 0 saturated carbocycles. The van der Waals surface area contributed by atoms with Gasteiger partial charge in [0.1, 0.15) is 5.92 Å². The third kappa shape index (κ3) is 2.41. The van der Waals surface area contributed by atoms with Gasteiger partial charge in [-0.3, -0.25) is 9.59 Å². The number of aromatic nitrogens is 2. The molecule has 0 aromatic carbocycles. The minimum absolute atomic E-state index is 0.286. The van der Waals surface area contributed by atoms with Crippen LogP contribution >= 0.6 is 11.6 Å². The van der Waals surface area contributed by atoms with Crippen LogP contribution < -0.4 is 0 Å². The van der Waals surface area contributed by atoms with Gasteiger partial charge in [0.15, 0.2) is 5.78 Å². The lowest BCUT2D eigenvalue weighted by atomic mass is 9.97. The van der Waals surface area contributed by atoms with Crippen molar-refractivity contribution in [3.05, 3.63) is 34.6 Å². The number of hydrogen-bond donors (Lipinski definition) is 0. The second-order valence-corrected chi connectivity index (χ2v) is 4.90. The van der Waals surface area contributed by atoms with Gasteiger partial charge in [-0.2, -0.15) is 5.10 Å². The van der Waals surface area contributed by atoms with Gasteiger partial charge in [0, 0.05) is 6.20 Å². The summed E-state index contributed by atoms with van der Waals surface area (Å²) in [6.07, 6.45) is 2.23. The van der Waals surface area contributed by atoms with Crippen LogP contribution in [0, 0.1) is 5.92 Å². The van der Waals surface area contributed by atoms with Crippen molar-refractivity contribution in [2.75, 3.05) is 7.11 Å². The number of nitrogens with zero attached hydrogens (tertiary/aromatic N) is 2. The predicted molar refractivity (Wildman–Crippen MR) is 75.1 cm³/mol. The maximum Gasteiger partial charge on any atom is 0.316 e. The molecular formula is C14H15ClN2O3. The molecule has 0 N–H and O–H groups in total. The van der Waals surface area contributed by atoms with Crippen LogP contribution in [0.4, 0.5) is 0 Å². The Hall–Kier alpha value is -1.88. The van der Waals surface area contributed by atoms with Crippen LogP contribution in [0.2, 0.25) is 5.02 Å². The molecule has 2 heterocycles. The lowest BCUT2D eigenvalue weighted by molar-refractivity contribution is -0.143. The molecule has 0 aliphatic rings. The van der Waals surface area contributed by atoms with Crippen molar-refractivity contribution in [3.8, 4) is 0 Å². The molecule has 0 aliphatic carbocycles. The largest absolute Gasteiger partial charge is 0.468 e. The van der Waals surface area contributed by atoms with E-state index >= 15 is 0 Å². The fourth-order valence-electron chi connectivity index (χ4n) is 2.09. The highest BCUT2D eigenvalue weighted by atomic mass is 35.5. The zero-order valence-electron chi connectivity index (χ0n) is 11.5. The third-order valence-electron chi connectivity index (χ3n) is 3.20. The Morgan fingerprint density at radius 2 is 2.15 bits per heavy atom. The van der Waals surface area contributed by atoms with E-state index in [9.17, 15) is 9.59 Å². The first-order chi connectivity index (χ1) is 9.49. The van der Waals surface area contributed by atoms with E-state index in [4.69, 9.17) is 11.6 Å². The number of Topliss-reactive ketones (excluding diaryl/α,β-unsaturated/α-hetero) is 1. The van der Waals surface area contributed by atoms with Crippen LogP contribution in [0.1, 0.15) is 29.9 Å². The standard InChI is InChI=1S/C14H15ClN2O3/c1-4-10-12(13(18)8(2)14(19)20-3)11-6-5-9(15)7-17(11)16-10/h5-8H,4H2,1-3H3. The number of fused-ring (bicyclic) bond motifs is 1. The Balaban J connectivity index is 2.57. The minimum Gasteiger partial charge on any atom is -0.468 e. The SMILES string of the molecule is CCc1nn2cc(Cl)ccc2c1C(=O)C(C)C(=O)OC. The van der Waals surface area contributed by atoms with E-state index < -0.39 is 11.9 Å². The van der Waals surface area contributed by atoms with Crippen LogP contribution in [0.25, 0.3) is 5.52 Å². The monoisotopic (exact) mass is 294 g/mol. The summed E-state index contributed by atoms with van der Waals surface area (Å²) < 4.78 is 6.20. The average molecular weight is 295 g/mol. The van der Waals surface area contributed by atoms with Gasteiger partial charge >= 0.3 is 5.97 Å². The van der Waals surface area contributed by atoms with Crippen molar-refractivity contribution in [3.63, 3.8) is 0 Å². The number of halogens is 1. The van der Waals surface area contributed by atoms with Gasteiger partial charge in [-0.05, 0) is 25.5 Å². The summed E-state index contributed by atoms with van der Waals surface area (Å²) in [5.74, 6) is -1.69. The zero-order valence-corrected chi connectivity index (χ0v) is 12.3. The molecule has 0 amide bonds. The molecule has 2 aromatic heterocycles. The van der Waals surface area contributed by atoms with Crippen LogP contribution in [-0.2, 0) is 16.0 Å². The zero-order chi connectivity index (χ0) is 14.9. The smallest absolute Gasteiger partial charge is 0.316 e. The van der Waals surface area contributed by atoms with Gasteiger partial charge in [0.2, 0.25) is 0 Å². The summed E-state index contributed by atoms with van der Waals surface area (Å²) in [7, 11) is 1.27. The van der Waals surface area contributed by atoms with E-state index in [1.807, 2.05) is 6.92 Å². The predicted octanol–water partition coefficient (Wildman–Crippen LogP) is 2.54. The molecule has 1 unspecified atom stereocenters. The van der Waals surface area contributed by atoms with Gasteiger partial charge in [-0.25, -0.2) is 4.52 Å². The molecule has 0 aliphatic heterocycles. The molecule has 106 valence electrons. The molecule has 20 heavy (non-hydrogen) atoms. The van der Waals surface area contributed by atoms with E-state index in [2.05, 4.69) is 9.84 Å². The molecule has 0 spiro atoms. The van der Waals surface area contributed by atoms with Crippen molar-refractivity contribution >= 4 is 28.9 Å². The number of hydrogen-bond acceptors (Lipinski definition) is 4. The molecule has 2 rings (SSSR count). The number of carbonyl (C=O) groups is 2. The van der Waals surface area contributed by atoms with E-state index in [0.717, 1.165) is 0 Å². The summed E-state index contributed by atoms with van der Waals surface area (Å²) >= 11 is 5.92. The lowest BCUT2D eigenvalue weighted by Crippen LogP contribution is -2.23. The number of ether oxygens (including phenoxy) is 1.